The van der Waals surface area contributed by atoms with Gasteiger partial charge in [-0.25, -0.2) is 4.39 Å². The van der Waals surface area contributed by atoms with Crippen molar-refractivity contribution in [2.45, 2.75) is 38.0 Å². The Morgan fingerprint density at radius 1 is 1.21 bits per heavy atom. The maximum Gasteiger partial charge on any atom is 0.145 e. The Hall–Kier alpha value is -2.50. The maximum absolute atomic E-state index is 13.2. The third-order valence-corrected chi connectivity index (χ3v) is 4.79. The zero-order valence-electron chi connectivity index (χ0n) is 16.0. The standard InChI is InChI=1S/C23H27FN2O2/c1-2-3-9-21(27)16-26(15-18-10-12-20(24)13-11-18)17-22-14-23(25-28-22)19-7-5-4-6-8-19/h2,4-8,10-13,21-22,27H,1,3,9,14-17H2/t21-,22-/m0/s1. The van der Waals surface area contributed by atoms with E-state index in [2.05, 4.69) is 16.6 Å². The number of allylic oxidation sites excluding steroid dienone is 1. The number of oxime groups is 1. The van der Waals surface area contributed by atoms with E-state index in [0.717, 1.165) is 29.7 Å². The van der Waals surface area contributed by atoms with E-state index in [-0.39, 0.29) is 11.9 Å². The summed E-state index contributed by atoms with van der Waals surface area (Å²) in [6.07, 6.45) is 3.46. The molecule has 0 aliphatic carbocycles. The minimum absolute atomic E-state index is 0.0674. The van der Waals surface area contributed by atoms with Crippen molar-refractivity contribution >= 4 is 5.71 Å². The van der Waals surface area contributed by atoms with Crippen molar-refractivity contribution in [1.29, 1.82) is 0 Å². The van der Waals surface area contributed by atoms with Crippen LogP contribution in [0.5, 0.6) is 0 Å². The van der Waals surface area contributed by atoms with Crippen LogP contribution in [0.15, 0.2) is 72.4 Å². The SMILES string of the molecule is C=CCC[C@H](O)CN(Cc1ccc(F)cc1)C[C@@H]1CC(c2ccccc2)=NO1. The first-order chi connectivity index (χ1) is 13.6. The lowest BCUT2D eigenvalue weighted by Gasteiger charge is -2.27. The van der Waals surface area contributed by atoms with Crippen molar-refractivity contribution in [3.05, 3.63) is 84.2 Å². The molecule has 0 amide bonds. The number of benzene rings is 2. The van der Waals surface area contributed by atoms with Crippen LogP contribution in [0, 0.1) is 5.82 Å². The second-order valence-electron chi connectivity index (χ2n) is 7.18. The van der Waals surface area contributed by atoms with Gasteiger partial charge in [-0.1, -0.05) is 53.7 Å². The van der Waals surface area contributed by atoms with Gasteiger partial charge in [0, 0.05) is 26.1 Å². The lowest BCUT2D eigenvalue weighted by molar-refractivity contribution is 0.0308. The van der Waals surface area contributed by atoms with Crippen LogP contribution in [0.2, 0.25) is 0 Å². The van der Waals surface area contributed by atoms with Crippen LogP contribution < -0.4 is 0 Å². The molecule has 0 fully saturated rings. The second kappa shape index (κ2) is 10.2. The van der Waals surface area contributed by atoms with Gasteiger partial charge in [0.1, 0.15) is 11.9 Å². The minimum Gasteiger partial charge on any atom is -0.392 e. The average molecular weight is 382 g/mol. The normalized spacial score (nSPS) is 17.2. The first-order valence-electron chi connectivity index (χ1n) is 9.68. The van der Waals surface area contributed by atoms with Gasteiger partial charge in [0.2, 0.25) is 0 Å². The van der Waals surface area contributed by atoms with Gasteiger partial charge in [0.15, 0.2) is 0 Å². The summed E-state index contributed by atoms with van der Waals surface area (Å²) in [7, 11) is 0. The highest BCUT2D eigenvalue weighted by Crippen LogP contribution is 2.19. The highest BCUT2D eigenvalue weighted by molar-refractivity contribution is 6.01. The first-order valence-corrected chi connectivity index (χ1v) is 9.68. The molecule has 4 nitrogen and oxygen atoms in total. The number of hydrogen-bond acceptors (Lipinski definition) is 4. The van der Waals surface area contributed by atoms with Crippen LogP contribution in [0.25, 0.3) is 0 Å². The van der Waals surface area contributed by atoms with E-state index < -0.39 is 6.10 Å². The molecule has 1 aliphatic heterocycles. The highest BCUT2D eigenvalue weighted by Gasteiger charge is 2.25. The van der Waals surface area contributed by atoms with E-state index in [1.165, 1.54) is 12.1 Å². The summed E-state index contributed by atoms with van der Waals surface area (Å²) in [5, 5.41) is 14.6. The van der Waals surface area contributed by atoms with Crippen LogP contribution in [-0.2, 0) is 11.4 Å². The second-order valence-corrected chi connectivity index (χ2v) is 7.18. The summed E-state index contributed by atoms with van der Waals surface area (Å²) in [5.41, 5.74) is 3.01. The van der Waals surface area contributed by atoms with E-state index in [0.29, 0.717) is 26.1 Å². The molecule has 1 aliphatic rings. The molecule has 0 spiro atoms. The fraction of sp³-hybridized carbons (Fsp3) is 0.348. The Labute approximate surface area is 165 Å². The summed E-state index contributed by atoms with van der Waals surface area (Å²) in [4.78, 5) is 7.81. The number of aliphatic hydroxyl groups is 1. The zero-order chi connectivity index (χ0) is 19.8. The Bertz CT molecular complexity index is 777. The third-order valence-electron chi connectivity index (χ3n) is 4.79. The van der Waals surface area contributed by atoms with E-state index in [1.54, 1.807) is 12.1 Å². The van der Waals surface area contributed by atoms with Gasteiger partial charge < -0.3 is 9.94 Å². The molecule has 0 aromatic heterocycles. The van der Waals surface area contributed by atoms with Crippen LogP contribution in [0.3, 0.4) is 0 Å². The monoisotopic (exact) mass is 382 g/mol. The van der Waals surface area contributed by atoms with Crippen LogP contribution in [-0.4, -0.2) is 41.0 Å². The van der Waals surface area contributed by atoms with Crippen molar-refractivity contribution in [3.8, 4) is 0 Å². The molecule has 1 heterocycles. The fourth-order valence-electron chi connectivity index (χ4n) is 3.37. The lowest BCUT2D eigenvalue weighted by Crippen LogP contribution is -2.37. The Kier molecular flexibility index (Phi) is 7.34. The summed E-state index contributed by atoms with van der Waals surface area (Å²) < 4.78 is 13.2. The quantitative estimate of drug-likeness (QED) is 0.628. The van der Waals surface area contributed by atoms with Crippen molar-refractivity contribution in [1.82, 2.24) is 4.90 Å². The predicted octanol–water partition coefficient (Wildman–Crippen LogP) is 4.15. The number of hydrogen-bond donors (Lipinski definition) is 1. The molecule has 0 saturated carbocycles. The molecule has 0 radical (unpaired) electrons. The van der Waals surface area contributed by atoms with Gasteiger partial charge in [-0.05, 0) is 36.1 Å². The molecular weight excluding hydrogens is 355 g/mol. The summed E-state index contributed by atoms with van der Waals surface area (Å²) in [6.45, 7) is 5.49. The Morgan fingerprint density at radius 3 is 2.68 bits per heavy atom. The van der Waals surface area contributed by atoms with Gasteiger partial charge in [0.05, 0.1) is 11.8 Å². The predicted molar refractivity (Wildman–Crippen MR) is 110 cm³/mol. The molecule has 28 heavy (non-hydrogen) atoms. The molecule has 0 unspecified atom stereocenters. The number of aliphatic hydroxyl groups excluding tert-OH is 1. The molecule has 2 atom stereocenters. The highest BCUT2D eigenvalue weighted by atomic mass is 19.1. The molecule has 0 saturated heterocycles. The summed E-state index contributed by atoms with van der Waals surface area (Å²) in [5.74, 6) is -0.249. The number of nitrogens with zero attached hydrogens (tertiary/aromatic N) is 2. The lowest BCUT2D eigenvalue weighted by atomic mass is 10.0. The van der Waals surface area contributed by atoms with Crippen LogP contribution in [0.4, 0.5) is 4.39 Å². The molecule has 2 aromatic rings. The molecule has 1 N–H and O–H groups in total. The van der Waals surface area contributed by atoms with E-state index >= 15 is 0 Å². The van der Waals surface area contributed by atoms with Crippen molar-refractivity contribution in [3.63, 3.8) is 0 Å². The van der Waals surface area contributed by atoms with Crippen LogP contribution in [0.1, 0.15) is 30.4 Å². The van der Waals surface area contributed by atoms with E-state index in [1.807, 2.05) is 36.4 Å². The molecule has 3 rings (SSSR count). The summed E-state index contributed by atoms with van der Waals surface area (Å²) in [6, 6.07) is 16.5. The minimum atomic E-state index is -0.450. The van der Waals surface area contributed by atoms with E-state index in [4.69, 9.17) is 4.84 Å². The summed E-state index contributed by atoms with van der Waals surface area (Å²) >= 11 is 0. The molecule has 5 heteroatoms. The van der Waals surface area contributed by atoms with Crippen molar-refractivity contribution < 1.29 is 14.3 Å². The van der Waals surface area contributed by atoms with Gasteiger partial charge in [0.25, 0.3) is 0 Å². The van der Waals surface area contributed by atoms with Crippen molar-refractivity contribution in [2.24, 2.45) is 5.16 Å². The van der Waals surface area contributed by atoms with Crippen molar-refractivity contribution in [2.75, 3.05) is 13.1 Å². The topological polar surface area (TPSA) is 45.1 Å². The average Bonchev–Trinajstić information content (AvgIpc) is 3.17. The third kappa shape index (κ3) is 6.01. The maximum atomic E-state index is 13.2. The number of halogens is 1. The van der Waals surface area contributed by atoms with Gasteiger partial charge in [-0.15, -0.1) is 6.58 Å². The largest absolute Gasteiger partial charge is 0.392 e. The zero-order valence-corrected chi connectivity index (χ0v) is 16.0. The first kappa shape index (κ1) is 20.2. The Balaban J connectivity index is 1.61. The molecule has 148 valence electrons. The van der Waals surface area contributed by atoms with E-state index in [9.17, 15) is 9.50 Å². The van der Waals surface area contributed by atoms with Gasteiger partial charge >= 0.3 is 0 Å². The van der Waals surface area contributed by atoms with Gasteiger partial charge in [-0.2, -0.15) is 0 Å². The fourth-order valence-corrected chi connectivity index (χ4v) is 3.37. The Morgan fingerprint density at radius 2 is 1.96 bits per heavy atom. The van der Waals surface area contributed by atoms with Crippen LogP contribution >= 0.6 is 0 Å². The molecule has 2 aromatic carbocycles. The molecular formula is C23H27FN2O2. The van der Waals surface area contributed by atoms with Gasteiger partial charge in [-0.3, -0.25) is 4.90 Å². The molecule has 0 bridgehead atoms. The smallest absolute Gasteiger partial charge is 0.145 e. The number of rotatable bonds is 10.